The number of hydrazone groups is 1. The molecule has 0 spiro atoms. The smallest absolute Gasteiger partial charge is 0.265 e. The first-order valence-electron chi connectivity index (χ1n) is 8.21. The number of ether oxygens (including phenoxy) is 1. The van der Waals surface area contributed by atoms with E-state index in [0.29, 0.717) is 28.0 Å². The van der Waals surface area contributed by atoms with Gasteiger partial charge in [-0.3, -0.25) is 0 Å². The number of H-pyrrole nitrogens is 1. The number of halogens is 1. The van der Waals surface area contributed by atoms with Crippen molar-refractivity contribution < 1.29 is 9.84 Å². The molecule has 0 fully saturated rings. The molecule has 0 saturated heterocycles. The molecule has 0 atom stereocenters. The van der Waals surface area contributed by atoms with Crippen LogP contribution in [0.25, 0.3) is 22.1 Å². The van der Waals surface area contributed by atoms with Gasteiger partial charge in [0.25, 0.3) is 5.95 Å². The average Bonchev–Trinajstić information content (AvgIpc) is 3.03. The molecule has 9 heteroatoms. The van der Waals surface area contributed by atoms with Gasteiger partial charge in [0.2, 0.25) is 0 Å². The Balaban J connectivity index is 1.57. The van der Waals surface area contributed by atoms with Crippen LogP contribution in [-0.4, -0.2) is 38.1 Å². The fraction of sp³-hybridized carbons (Fsp3) is 0.111. The van der Waals surface area contributed by atoms with Crippen LogP contribution in [0.15, 0.2) is 46.0 Å². The van der Waals surface area contributed by atoms with Crippen molar-refractivity contribution in [3.63, 3.8) is 0 Å². The van der Waals surface area contributed by atoms with Gasteiger partial charge in [-0.2, -0.15) is 10.1 Å². The Morgan fingerprint density at radius 3 is 3.00 bits per heavy atom. The molecular weight excluding hydrogens is 412 g/mol. The summed E-state index contributed by atoms with van der Waals surface area (Å²) in [6.07, 6.45) is 1.57. The van der Waals surface area contributed by atoms with Gasteiger partial charge in [0.1, 0.15) is 5.52 Å². The number of phenolic OH excluding ortho intramolecular Hbond substituents is 1. The molecular formula is C18H15BrN6O2. The second-order valence-corrected chi connectivity index (χ2v) is 6.51. The zero-order valence-corrected chi connectivity index (χ0v) is 15.9. The summed E-state index contributed by atoms with van der Waals surface area (Å²) < 4.78 is 5.92. The molecule has 2 heterocycles. The minimum absolute atomic E-state index is 0.0544. The molecule has 0 aliphatic rings. The number of hydrogen-bond acceptors (Lipinski definition) is 7. The Hall–Kier alpha value is -3.20. The van der Waals surface area contributed by atoms with Crippen molar-refractivity contribution in [3.05, 3.63) is 46.4 Å². The van der Waals surface area contributed by atoms with Crippen LogP contribution in [0, 0.1) is 0 Å². The van der Waals surface area contributed by atoms with Crippen LogP contribution < -0.4 is 10.2 Å². The highest BCUT2D eigenvalue weighted by Gasteiger charge is 2.09. The maximum absolute atomic E-state index is 9.95. The number of rotatable bonds is 5. The fourth-order valence-electron chi connectivity index (χ4n) is 2.67. The molecule has 4 aromatic rings. The van der Waals surface area contributed by atoms with Gasteiger partial charge in [-0.15, -0.1) is 10.2 Å². The normalized spacial score (nSPS) is 11.5. The summed E-state index contributed by atoms with van der Waals surface area (Å²) in [6.45, 7) is 2.29. The van der Waals surface area contributed by atoms with E-state index >= 15 is 0 Å². The van der Waals surface area contributed by atoms with Crippen molar-refractivity contribution in [2.45, 2.75) is 6.92 Å². The molecule has 4 rings (SSSR count). The van der Waals surface area contributed by atoms with Crippen molar-refractivity contribution in [3.8, 4) is 11.5 Å². The van der Waals surface area contributed by atoms with Crippen molar-refractivity contribution >= 4 is 50.2 Å². The molecule has 2 aromatic carbocycles. The highest BCUT2D eigenvalue weighted by Crippen LogP contribution is 2.35. The molecule has 0 saturated carbocycles. The zero-order valence-electron chi connectivity index (χ0n) is 14.3. The molecule has 8 nitrogen and oxygen atoms in total. The van der Waals surface area contributed by atoms with Crippen molar-refractivity contribution in [1.82, 2.24) is 20.2 Å². The van der Waals surface area contributed by atoms with Gasteiger partial charge >= 0.3 is 0 Å². The van der Waals surface area contributed by atoms with Gasteiger partial charge < -0.3 is 14.8 Å². The van der Waals surface area contributed by atoms with Gasteiger partial charge in [-0.05, 0) is 46.6 Å². The highest BCUT2D eigenvalue weighted by atomic mass is 79.9. The first-order chi connectivity index (χ1) is 13.2. The van der Waals surface area contributed by atoms with Crippen LogP contribution in [0.4, 0.5) is 5.95 Å². The number of benzene rings is 2. The maximum Gasteiger partial charge on any atom is 0.265 e. The molecule has 0 amide bonds. The summed E-state index contributed by atoms with van der Waals surface area (Å²) in [5, 5.41) is 23.3. The van der Waals surface area contributed by atoms with E-state index in [1.807, 2.05) is 31.2 Å². The Morgan fingerprint density at radius 2 is 2.15 bits per heavy atom. The molecule has 27 heavy (non-hydrogen) atoms. The summed E-state index contributed by atoms with van der Waals surface area (Å²) in [5.74, 6) is 0.706. The SMILES string of the molecule is CCOc1cc(C=NNc2nnc3c(n2)[nH]c2ccccc23)cc(Br)c1O. The Morgan fingerprint density at radius 1 is 1.30 bits per heavy atom. The number of nitrogens with zero attached hydrogens (tertiary/aromatic N) is 4. The third-order valence-electron chi connectivity index (χ3n) is 3.85. The molecule has 0 radical (unpaired) electrons. The minimum Gasteiger partial charge on any atom is -0.503 e. The lowest BCUT2D eigenvalue weighted by Crippen LogP contribution is -1.99. The van der Waals surface area contributed by atoms with Crippen molar-refractivity contribution in [2.24, 2.45) is 5.10 Å². The summed E-state index contributed by atoms with van der Waals surface area (Å²) in [4.78, 5) is 7.60. The number of hydrogen-bond donors (Lipinski definition) is 3. The molecule has 0 aliphatic heterocycles. The highest BCUT2D eigenvalue weighted by molar-refractivity contribution is 9.10. The number of aromatic nitrogens is 4. The van der Waals surface area contributed by atoms with Crippen molar-refractivity contribution in [2.75, 3.05) is 12.0 Å². The van der Waals surface area contributed by atoms with Gasteiger partial charge in [0, 0.05) is 10.9 Å². The van der Waals surface area contributed by atoms with Crippen LogP contribution in [0.5, 0.6) is 11.5 Å². The number of phenols is 1. The fourth-order valence-corrected chi connectivity index (χ4v) is 3.13. The van der Waals surface area contributed by atoms with Crippen LogP contribution in [-0.2, 0) is 0 Å². The maximum atomic E-state index is 9.95. The van der Waals surface area contributed by atoms with E-state index in [-0.39, 0.29) is 11.7 Å². The second kappa shape index (κ2) is 7.20. The van der Waals surface area contributed by atoms with Crippen LogP contribution in [0.1, 0.15) is 12.5 Å². The van der Waals surface area contributed by atoms with E-state index in [2.05, 4.69) is 46.6 Å². The lowest BCUT2D eigenvalue weighted by Gasteiger charge is -2.08. The number of para-hydroxylation sites is 1. The summed E-state index contributed by atoms with van der Waals surface area (Å²) in [7, 11) is 0. The molecule has 0 bridgehead atoms. The number of aromatic amines is 1. The monoisotopic (exact) mass is 426 g/mol. The van der Waals surface area contributed by atoms with Gasteiger partial charge in [0.05, 0.1) is 17.3 Å². The number of aromatic hydroxyl groups is 1. The zero-order chi connectivity index (χ0) is 18.8. The Bertz CT molecular complexity index is 1160. The van der Waals surface area contributed by atoms with Gasteiger partial charge in [-0.1, -0.05) is 18.2 Å². The van der Waals surface area contributed by atoms with Crippen molar-refractivity contribution in [1.29, 1.82) is 0 Å². The predicted molar refractivity (Wildman–Crippen MR) is 107 cm³/mol. The van der Waals surface area contributed by atoms with Gasteiger partial charge in [-0.25, -0.2) is 5.43 Å². The first kappa shape index (κ1) is 17.2. The minimum atomic E-state index is 0.0544. The topological polar surface area (TPSA) is 108 Å². The Kier molecular flexibility index (Phi) is 4.59. The third kappa shape index (κ3) is 3.41. The second-order valence-electron chi connectivity index (χ2n) is 5.66. The molecule has 3 N–H and O–H groups in total. The summed E-state index contributed by atoms with van der Waals surface area (Å²) >= 11 is 3.30. The molecule has 0 aliphatic carbocycles. The standard InChI is InChI=1S/C18H15BrN6O2/c1-2-27-14-8-10(7-12(19)16(14)26)9-20-24-18-22-17-15(23-25-18)11-5-3-4-6-13(11)21-17/h3-9,26H,2H2,1H3,(H2,21,22,24,25). The summed E-state index contributed by atoms with van der Waals surface area (Å²) in [5.41, 5.74) is 5.79. The van der Waals surface area contributed by atoms with E-state index in [1.165, 1.54) is 0 Å². The number of fused-ring (bicyclic) bond motifs is 3. The largest absolute Gasteiger partial charge is 0.503 e. The van der Waals surface area contributed by atoms with E-state index < -0.39 is 0 Å². The Labute approximate surface area is 162 Å². The quantitative estimate of drug-likeness (QED) is 0.330. The average molecular weight is 427 g/mol. The lowest BCUT2D eigenvalue weighted by atomic mass is 10.2. The van der Waals surface area contributed by atoms with E-state index in [0.717, 1.165) is 16.5 Å². The first-order valence-corrected chi connectivity index (χ1v) is 9.00. The number of nitrogens with one attached hydrogen (secondary N) is 2. The van der Waals surface area contributed by atoms with E-state index in [4.69, 9.17) is 4.74 Å². The lowest BCUT2D eigenvalue weighted by molar-refractivity contribution is 0.317. The molecule has 136 valence electrons. The van der Waals surface area contributed by atoms with E-state index in [1.54, 1.807) is 18.3 Å². The predicted octanol–water partition coefficient (Wildman–Crippen LogP) is 3.82. The van der Waals surface area contributed by atoms with E-state index in [9.17, 15) is 5.11 Å². The molecule has 0 unspecified atom stereocenters. The van der Waals surface area contributed by atoms with Crippen LogP contribution >= 0.6 is 15.9 Å². The van der Waals surface area contributed by atoms with Crippen LogP contribution in [0.2, 0.25) is 0 Å². The van der Waals surface area contributed by atoms with Gasteiger partial charge in [0.15, 0.2) is 17.1 Å². The molecule has 2 aromatic heterocycles. The summed E-state index contributed by atoms with van der Waals surface area (Å²) in [6, 6.07) is 11.2. The number of anilines is 1. The third-order valence-corrected chi connectivity index (χ3v) is 4.46. The van der Waals surface area contributed by atoms with Crippen LogP contribution in [0.3, 0.4) is 0 Å².